The lowest BCUT2D eigenvalue weighted by atomic mass is 9.65. The van der Waals surface area contributed by atoms with Gasteiger partial charge in [0.2, 0.25) is 0 Å². The maximum absolute atomic E-state index is 5.81. The van der Waals surface area contributed by atoms with E-state index in [9.17, 15) is 0 Å². The molecule has 3 heterocycles. The van der Waals surface area contributed by atoms with E-state index in [1.165, 1.54) is 0 Å². The molecule has 1 N–H and O–H groups in total. The lowest BCUT2D eigenvalue weighted by Gasteiger charge is -2.62. The van der Waals surface area contributed by atoms with Crippen molar-refractivity contribution in [1.29, 1.82) is 0 Å². The highest BCUT2D eigenvalue weighted by Gasteiger charge is 2.53. The number of rotatable bonds is 3. The van der Waals surface area contributed by atoms with Gasteiger partial charge >= 0.3 is 0 Å². The maximum atomic E-state index is 5.81. The summed E-state index contributed by atoms with van der Waals surface area (Å²) >= 11 is 0. The number of nitrogens with one attached hydrogen (secondary N) is 1. The molecule has 0 amide bonds. The number of hydrogen-bond acceptors (Lipinski definition) is 4. The highest BCUT2D eigenvalue weighted by Crippen LogP contribution is 2.46. The SMILES string of the molecule is CN=C(NCc1ccc(N2CC(C)OC(C)C2)nc1)N1CC(C)(C)C1(C)C. The summed E-state index contributed by atoms with van der Waals surface area (Å²) in [5.74, 6) is 1.98. The van der Waals surface area contributed by atoms with E-state index in [-0.39, 0.29) is 17.7 Å². The second-order valence-electron chi connectivity index (χ2n) is 9.12. The zero-order chi connectivity index (χ0) is 19.8. The van der Waals surface area contributed by atoms with Crippen molar-refractivity contribution >= 4 is 11.8 Å². The number of aliphatic imine (C=N–C) groups is 1. The molecule has 1 aromatic heterocycles. The van der Waals surface area contributed by atoms with Crippen LogP contribution < -0.4 is 10.2 Å². The maximum Gasteiger partial charge on any atom is 0.194 e. The normalized spacial score (nSPS) is 27.3. The monoisotopic (exact) mass is 373 g/mol. The smallest absolute Gasteiger partial charge is 0.194 e. The molecule has 2 saturated heterocycles. The van der Waals surface area contributed by atoms with Crippen LogP contribution in [-0.4, -0.2) is 60.3 Å². The molecule has 27 heavy (non-hydrogen) atoms. The number of nitrogens with zero attached hydrogens (tertiary/aromatic N) is 4. The summed E-state index contributed by atoms with van der Waals surface area (Å²) in [6, 6.07) is 4.26. The Hall–Kier alpha value is -1.82. The van der Waals surface area contributed by atoms with E-state index >= 15 is 0 Å². The summed E-state index contributed by atoms with van der Waals surface area (Å²) in [4.78, 5) is 13.8. The first kappa shape index (κ1) is 19.9. The van der Waals surface area contributed by atoms with Gasteiger partial charge in [0.25, 0.3) is 0 Å². The first-order valence-electron chi connectivity index (χ1n) is 9.97. The van der Waals surface area contributed by atoms with Crippen molar-refractivity contribution in [3.8, 4) is 0 Å². The number of guanidine groups is 1. The van der Waals surface area contributed by atoms with Gasteiger partial charge < -0.3 is 19.9 Å². The van der Waals surface area contributed by atoms with E-state index in [1.54, 1.807) is 0 Å². The van der Waals surface area contributed by atoms with Gasteiger partial charge in [-0.05, 0) is 39.3 Å². The molecule has 0 aliphatic carbocycles. The lowest BCUT2D eigenvalue weighted by molar-refractivity contribution is -0.0667. The highest BCUT2D eigenvalue weighted by molar-refractivity contribution is 5.82. The van der Waals surface area contributed by atoms with Crippen LogP contribution in [0.2, 0.25) is 0 Å². The quantitative estimate of drug-likeness (QED) is 0.652. The summed E-state index contributed by atoms with van der Waals surface area (Å²) in [7, 11) is 1.85. The van der Waals surface area contributed by atoms with E-state index in [1.807, 2.05) is 13.2 Å². The summed E-state index contributed by atoms with van der Waals surface area (Å²) in [6.07, 6.45) is 2.44. The standard InChI is InChI=1S/C21H35N5O/c1-15-12-25(13-16(2)27-15)18-9-8-17(10-23-18)11-24-19(22-7)26-14-20(3,4)21(26,5)6/h8-10,15-16H,11-14H2,1-7H3,(H,22,24). The molecule has 6 nitrogen and oxygen atoms in total. The molecule has 150 valence electrons. The summed E-state index contributed by atoms with van der Waals surface area (Å²) in [5, 5.41) is 3.50. The predicted molar refractivity (Wildman–Crippen MR) is 111 cm³/mol. The molecule has 0 saturated carbocycles. The third-order valence-corrected chi connectivity index (χ3v) is 6.36. The van der Waals surface area contributed by atoms with E-state index in [0.717, 1.165) is 43.5 Å². The molecular formula is C21H35N5O. The Balaban J connectivity index is 1.59. The highest BCUT2D eigenvalue weighted by atomic mass is 16.5. The fraction of sp³-hybridized carbons (Fsp3) is 0.714. The van der Waals surface area contributed by atoms with Gasteiger partial charge in [0.05, 0.1) is 12.2 Å². The first-order valence-corrected chi connectivity index (χ1v) is 9.97. The van der Waals surface area contributed by atoms with Crippen molar-refractivity contribution in [1.82, 2.24) is 15.2 Å². The Bertz CT molecular complexity index is 672. The van der Waals surface area contributed by atoms with Gasteiger partial charge in [0, 0.05) is 50.4 Å². The summed E-state index contributed by atoms with van der Waals surface area (Å²) in [6.45, 7) is 16.9. The molecule has 0 spiro atoms. The Morgan fingerprint density at radius 3 is 2.37 bits per heavy atom. The Kier molecular flexibility index (Phi) is 5.39. The van der Waals surface area contributed by atoms with Gasteiger partial charge in [-0.1, -0.05) is 19.9 Å². The molecule has 0 aromatic carbocycles. The molecule has 2 aliphatic rings. The Labute approximate surface area is 164 Å². The topological polar surface area (TPSA) is 53.0 Å². The summed E-state index contributed by atoms with van der Waals surface area (Å²) < 4.78 is 5.81. The number of hydrogen-bond donors (Lipinski definition) is 1. The van der Waals surface area contributed by atoms with E-state index in [0.29, 0.717) is 5.41 Å². The van der Waals surface area contributed by atoms with E-state index in [2.05, 4.69) is 78.8 Å². The third-order valence-electron chi connectivity index (χ3n) is 6.36. The van der Waals surface area contributed by atoms with Gasteiger partial charge in [-0.3, -0.25) is 4.99 Å². The number of anilines is 1. The van der Waals surface area contributed by atoms with Crippen LogP contribution in [0.1, 0.15) is 47.1 Å². The fourth-order valence-electron chi connectivity index (χ4n) is 3.95. The molecule has 2 atom stereocenters. The Morgan fingerprint density at radius 2 is 1.89 bits per heavy atom. The van der Waals surface area contributed by atoms with E-state index in [4.69, 9.17) is 4.74 Å². The molecule has 3 rings (SSSR count). The van der Waals surface area contributed by atoms with Gasteiger partial charge in [-0.25, -0.2) is 4.98 Å². The van der Waals surface area contributed by atoms with Crippen LogP contribution >= 0.6 is 0 Å². The summed E-state index contributed by atoms with van der Waals surface area (Å²) in [5.41, 5.74) is 1.55. The number of ether oxygens (including phenoxy) is 1. The minimum atomic E-state index is 0.0979. The van der Waals surface area contributed by atoms with Crippen LogP contribution in [-0.2, 0) is 11.3 Å². The largest absolute Gasteiger partial charge is 0.372 e. The van der Waals surface area contributed by atoms with Gasteiger partial charge in [-0.2, -0.15) is 0 Å². The van der Waals surface area contributed by atoms with Gasteiger partial charge in [0.15, 0.2) is 5.96 Å². The van der Waals surface area contributed by atoms with Crippen LogP contribution in [0, 0.1) is 5.41 Å². The number of aromatic nitrogens is 1. The van der Waals surface area contributed by atoms with E-state index < -0.39 is 0 Å². The van der Waals surface area contributed by atoms with Crippen molar-refractivity contribution in [2.24, 2.45) is 10.4 Å². The van der Waals surface area contributed by atoms with Crippen molar-refractivity contribution < 1.29 is 4.74 Å². The van der Waals surface area contributed by atoms with Crippen LogP contribution in [0.4, 0.5) is 5.82 Å². The van der Waals surface area contributed by atoms with Crippen molar-refractivity contribution in [2.45, 2.75) is 65.8 Å². The molecule has 2 fully saturated rings. The fourth-order valence-corrected chi connectivity index (χ4v) is 3.95. The first-order chi connectivity index (χ1) is 12.6. The average molecular weight is 374 g/mol. The average Bonchev–Trinajstić information content (AvgIpc) is 2.61. The minimum absolute atomic E-state index is 0.0979. The van der Waals surface area contributed by atoms with Gasteiger partial charge in [0.1, 0.15) is 5.82 Å². The number of likely N-dealkylation sites (tertiary alicyclic amines) is 1. The van der Waals surface area contributed by atoms with Crippen LogP contribution in [0.5, 0.6) is 0 Å². The van der Waals surface area contributed by atoms with Gasteiger partial charge in [-0.15, -0.1) is 0 Å². The molecular weight excluding hydrogens is 338 g/mol. The van der Waals surface area contributed by atoms with Crippen molar-refractivity contribution in [3.05, 3.63) is 23.9 Å². The van der Waals surface area contributed by atoms with Crippen LogP contribution in [0.3, 0.4) is 0 Å². The van der Waals surface area contributed by atoms with Crippen LogP contribution in [0.25, 0.3) is 0 Å². The molecule has 2 unspecified atom stereocenters. The molecule has 1 aromatic rings. The molecule has 2 aliphatic heterocycles. The zero-order valence-electron chi connectivity index (χ0n) is 17.9. The Morgan fingerprint density at radius 1 is 1.22 bits per heavy atom. The molecule has 0 radical (unpaired) electrons. The zero-order valence-corrected chi connectivity index (χ0v) is 17.9. The third kappa shape index (κ3) is 3.91. The lowest BCUT2D eigenvalue weighted by Crippen LogP contribution is -2.72. The second-order valence-corrected chi connectivity index (χ2v) is 9.12. The molecule has 0 bridgehead atoms. The van der Waals surface area contributed by atoms with Crippen molar-refractivity contribution in [2.75, 3.05) is 31.6 Å². The molecule has 6 heteroatoms. The number of morpholine rings is 1. The van der Waals surface area contributed by atoms with Crippen molar-refractivity contribution in [3.63, 3.8) is 0 Å². The minimum Gasteiger partial charge on any atom is -0.372 e. The second kappa shape index (κ2) is 7.30. The number of pyridine rings is 1. The predicted octanol–water partition coefficient (Wildman–Crippen LogP) is 2.89. The van der Waals surface area contributed by atoms with Crippen LogP contribution in [0.15, 0.2) is 23.3 Å².